The van der Waals surface area contributed by atoms with E-state index in [4.69, 9.17) is 0 Å². The molecule has 2 aromatic heterocycles. The van der Waals surface area contributed by atoms with Crippen molar-refractivity contribution in [1.29, 1.82) is 0 Å². The minimum Gasteiger partial charge on any atom is -0.352 e. The van der Waals surface area contributed by atoms with Crippen molar-refractivity contribution in [3.63, 3.8) is 0 Å². The lowest BCUT2D eigenvalue weighted by Gasteiger charge is -2.37. The predicted octanol–water partition coefficient (Wildman–Crippen LogP) is 2.41. The third kappa shape index (κ3) is 4.73. The molecule has 1 saturated heterocycles. The van der Waals surface area contributed by atoms with Crippen LogP contribution in [0.25, 0.3) is 0 Å². The molecule has 0 aromatic carbocycles. The molecule has 2 aliphatic rings. The summed E-state index contributed by atoms with van der Waals surface area (Å²) < 4.78 is 0. The minimum absolute atomic E-state index is 0.164. The number of rotatable bonds is 6. The van der Waals surface area contributed by atoms with Crippen molar-refractivity contribution in [3.8, 4) is 0 Å². The molecule has 1 aliphatic carbocycles. The number of nitrogens with zero attached hydrogens (tertiary/aromatic N) is 5. The molecule has 3 N–H and O–H groups in total. The van der Waals surface area contributed by atoms with E-state index < -0.39 is 0 Å². The fraction of sp³-hybridized carbons (Fsp3) is 0.381. The van der Waals surface area contributed by atoms with Crippen molar-refractivity contribution in [2.75, 3.05) is 28.7 Å². The number of allylic oxidation sites excluding steroid dienone is 3. The average Bonchev–Trinajstić information content (AvgIpc) is 2.77. The van der Waals surface area contributed by atoms with E-state index in [9.17, 15) is 4.79 Å². The lowest BCUT2D eigenvalue weighted by Crippen LogP contribution is -2.41. The number of aromatic nitrogens is 4. The van der Waals surface area contributed by atoms with E-state index in [2.05, 4.69) is 65.3 Å². The Morgan fingerprint density at radius 2 is 1.80 bits per heavy atom. The van der Waals surface area contributed by atoms with E-state index >= 15 is 0 Å². The Balaban J connectivity index is 1.51. The summed E-state index contributed by atoms with van der Waals surface area (Å²) in [5.74, 6) is 2.07. The molecule has 9 heteroatoms. The Morgan fingerprint density at radius 3 is 2.57 bits per heavy atom. The number of pyridine rings is 1. The summed E-state index contributed by atoms with van der Waals surface area (Å²) in [5, 5.41) is 3.23. The molecule has 30 heavy (non-hydrogen) atoms. The van der Waals surface area contributed by atoms with Crippen molar-refractivity contribution in [2.24, 2.45) is 11.8 Å². The van der Waals surface area contributed by atoms with Crippen LogP contribution in [0.3, 0.4) is 0 Å². The van der Waals surface area contributed by atoms with Crippen molar-refractivity contribution in [1.82, 2.24) is 25.4 Å². The van der Waals surface area contributed by atoms with Crippen molar-refractivity contribution in [2.45, 2.75) is 26.3 Å². The first-order valence-corrected chi connectivity index (χ1v) is 10.2. The second kappa shape index (κ2) is 8.89. The Hall–Kier alpha value is -3.49. The first kappa shape index (κ1) is 19.8. The van der Waals surface area contributed by atoms with Crippen LogP contribution in [0.1, 0.15) is 30.6 Å². The van der Waals surface area contributed by atoms with Gasteiger partial charge < -0.3 is 10.2 Å². The van der Waals surface area contributed by atoms with E-state index in [1.165, 1.54) is 0 Å². The minimum atomic E-state index is -0.294. The predicted molar refractivity (Wildman–Crippen MR) is 116 cm³/mol. The molecule has 1 fully saturated rings. The van der Waals surface area contributed by atoms with Crippen LogP contribution in [0.2, 0.25) is 0 Å². The highest BCUT2D eigenvalue weighted by Crippen LogP contribution is 2.30. The van der Waals surface area contributed by atoms with Gasteiger partial charge in [0.15, 0.2) is 0 Å². The number of anilines is 3. The van der Waals surface area contributed by atoms with E-state index in [1.807, 2.05) is 13.8 Å². The number of carbonyl (C=O) groups is 1. The van der Waals surface area contributed by atoms with Gasteiger partial charge in [-0.25, -0.2) is 0 Å². The molecule has 3 heterocycles. The summed E-state index contributed by atoms with van der Waals surface area (Å²) >= 11 is 0. The average molecular weight is 406 g/mol. The molecule has 2 atom stereocenters. The molecule has 0 radical (unpaired) electrons. The molecule has 2 aromatic rings. The topological polar surface area (TPSA) is 108 Å². The molecule has 0 bridgehead atoms. The van der Waals surface area contributed by atoms with E-state index in [1.54, 1.807) is 24.5 Å². The summed E-state index contributed by atoms with van der Waals surface area (Å²) in [7, 11) is 0. The standard InChI is InChI=1S/C21H26N8O/c1-14(2)23-19-24-20(28-27-18(30)16-7-10-22-11-8-16)26-21(25-19)29-12-9-15-5-3-4-6-17(15)13-29/h3-8,10-11,14-15,17H,9,12-13H2,1-2H3,(H,27,30)(H2,23,24,25,26,28). The SMILES string of the molecule is CC(C)Nc1nc(NNC(=O)c2ccncc2)nc(N2CCC3C=CC=CC3C2)n1. The highest BCUT2D eigenvalue weighted by Gasteiger charge is 2.28. The second-order valence-corrected chi connectivity index (χ2v) is 7.73. The monoisotopic (exact) mass is 406 g/mol. The fourth-order valence-corrected chi connectivity index (χ4v) is 3.61. The van der Waals surface area contributed by atoms with Gasteiger partial charge in [-0.15, -0.1) is 0 Å². The number of piperidine rings is 1. The third-order valence-corrected chi connectivity index (χ3v) is 5.10. The number of fused-ring (bicyclic) bond motifs is 1. The lowest BCUT2D eigenvalue weighted by molar-refractivity contribution is 0.0962. The lowest BCUT2D eigenvalue weighted by atomic mass is 9.83. The highest BCUT2D eigenvalue weighted by molar-refractivity contribution is 5.94. The van der Waals surface area contributed by atoms with E-state index in [-0.39, 0.29) is 17.9 Å². The molecule has 4 rings (SSSR count). The van der Waals surface area contributed by atoms with Gasteiger partial charge in [0.25, 0.3) is 5.91 Å². The van der Waals surface area contributed by atoms with Crippen LogP contribution >= 0.6 is 0 Å². The second-order valence-electron chi connectivity index (χ2n) is 7.73. The van der Waals surface area contributed by atoms with Gasteiger partial charge in [0.1, 0.15) is 0 Å². The van der Waals surface area contributed by atoms with Gasteiger partial charge >= 0.3 is 0 Å². The van der Waals surface area contributed by atoms with Gasteiger partial charge in [-0.2, -0.15) is 15.0 Å². The van der Waals surface area contributed by atoms with Gasteiger partial charge in [-0.1, -0.05) is 24.3 Å². The number of carbonyl (C=O) groups excluding carboxylic acids is 1. The Bertz CT molecular complexity index is 943. The Morgan fingerprint density at radius 1 is 1.07 bits per heavy atom. The molecule has 1 aliphatic heterocycles. The van der Waals surface area contributed by atoms with Crippen LogP contribution in [-0.2, 0) is 0 Å². The summed E-state index contributed by atoms with van der Waals surface area (Å²) in [6, 6.07) is 3.44. The zero-order chi connectivity index (χ0) is 20.9. The quantitative estimate of drug-likeness (QED) is 0.628. The van der Waals surface area contributed by atoms with Crippen LogP contribution in [0.5, 0.6) is 0 Å². The molecule has 9 nitrogen and oxygen atoms in total. The zero-order valence-electron chi connectivity index (χ0n) is 17.1. The number of hydrogen-bond donors (Lipinski definition) is 3. The Kier molecular flexibility index (Phi) is 5.87. The zero-order valence-corrected chi connectivity index (χ0v) is 17.1. The van der Waals surface area contributed by atoms with Gasteiger partial charge in [0.2, 0.25) is 17.8 Å². The van der Waals surface area contributed by atoms with Crippen molar-refractivity contribution in [3.05, 3.63) is 54.4 Å². The molecule has 156 valence electrons. The number of hydrogen-bond acceptors (Lipinski definition) is 8. The van der Waals surface area contributed by atoms with Crippen molar-refractivity contribution < 1.29 is 4.79 Å². The third-order valence-electron chi connectivity index (χ3n) is 5.10. The molecule has 1 amide bonds. The maximum atomic E-state index is 12.3. The molecular formula is C21H26N8O. The number of amides is 1. The van der Waals surface area contributed by atoms with Gasteiger partial charge in [0.05, 0.1) is 0 Å². The molecular weight excluding hydrogens is 380 g/mol. The fourth-order valence-electron chi connectivity index (χ4n) is 3.61. The highest BCUT2D eigenvalue weighted by atomic mass is 16.2. The summed E-state index contributed by atoms with van der Waals surface area (Å²) in [6.07, 6.45) is 12.9. The van der Waals surface area contributed by atoms with E-state index in [0.717, 1.165) is 19.5 Å². The maximum absolute atomic E-state index is 12.3. The summed E-state index contributed by atoms with van der Waals surface area (Å²) in [5.41, 5.74) is 5.95. The van der Waals surface area contributed by atoms with Gasteiger partial charge in [-0.3, -0.25) is 20.6 Å². The normalized spacial score (nSPS) is 20.0. The smallest absolute Gasteiger partial charge is 0.269 e. The van der Waals surface area contributed by atoms with E-state index in [0.29, 0.717) is 29.3 Å². The summed E-state index contributed by atoms with van der Waals surface area (Å²) in [4.78, 5) is 32.0. The maximum Gasteiger partial charge on any atom is 0.269 e. The number of hydrazine groups is 1. The van der Waals surface area contributed by atoms with Crippen LogP contribution in [0, 0.1) is 11.8 Å². The largest absolute Gasteiger partial charge is 0.352 e. The van der Waals surface area contributed by atoms with Crippen LogP contribution < -0.4 is 21.1 Å². The van der Waals surface area contributed by atoms with Gasteiger partial charge in [-0.05, 0) is 38.3 Å². The van der Waals surface area contributed by atoms with Crippen LogP contribution in [-0.4, -0.2) is 45.0 Å². The number of nitrogens with one attached hydrogen (secondary N) is 3. The van der Waals surface area contributed by atoms with Crippen molar-refractivity contribution >= 4 is 23.8 Å². The first-order chi connectivity index (χ1) is 14.6. The molecule has 0 saturated carbocycles. The Labute approximate surface area is 175 Å². The summed E-state index contributed by atoms with van der Waals surface area (Å²) in [6.45, 7) is 5.76. The van der Waals surface area contributed by atoms with Crippen LogP contribution in [0.4, 0.5) is 17.8 Å². The molecule has 0 spiro atoms. The molecule has 2 unspecified atom stereocenters. The van der Waals surface area contributed by atoms with Crippen LogP contribution in [0.15, 0.2) is 48.8 Å². The first-order valence-electron chi connectivity index (χ1n) is 10.2. The van der Waals surface area contributed by atoms with Gasteiger partial charge in [0, 0.05) is 43.0 Å².